The number of allylic oxidation sites excluding steroid dienone is 4. The zero-order chi connectivity index (χ0) is 33.2. The molecule has 0 unspecified atom stereocenters. The molecule has 2 aromatic rings. The standard InChI is InChI=1S/C15H21NO3.C8H9BO2.C8H14.C2H6.CH3NO/c1-12-5-7-13(8-6-12)14(10-15(18)19)4-2-3-9-16-11-17;1-6-2-3-7-5-11-9(10)8(7)4-6;1-5-6-8(4)7(2)3;1-2;2-1-3/h5-8,11,14H,2-4,9-10H2,1H3,(H,16,17)(H,18,19);2-4,10H,5H2,1H3;5-6H,1-4H3;1-2H3;1H,(H2,2,3)/b;;6-5-;;/t14-;;;;/m0..../s1. The van der Waals surface area contributed by atoms with Gasteiger partial charge in [-0.25, -0.2) is 0 Å². The van der Waals surface area contributed by atoms with E-state index in [-0.39, 0.29) is 18.7 Å². The van der Waals surface area contributed by atoms with Gasteiger partial charge in [-0.05, 0) is 76.9 Å². The van der Waals surface area contributed by atoms with E-state index >= 15 is 0 Å². The molecule has 43 heavy (non-hydrogen) atoms. The van der Waals surface area contributed by atoms with Crippen molar-refractivity contribution in [3.63, 3.8) is 0 Å². The predicted octanol–water partition coefficient (Wildman–Crippen LogP) is 5.73. The monoisotopic (exact) mass is 596 g/mol. The molecule has 0 spiro atoms. The lowest BCUT2D eigenvalue weighted by molar-refractivity contribution is -0.137. The van der Waals surface area contributed by atoms with E-state index in [1.807, 2.05) is 77.1 Å². The molecule has 9 heteroatoms. The highest BCUT2D eigenvalue weighted by atomic mass is 16.5. The fourth-order valence-electron chi connectivity index (χ4n) is 3.86. The van der Waals surface area contributed by atoms with Gasteiger partial charge in [-0.2, -0.15) is 0 Å². The highest BCUT2D eigenvalue weighted by molar-refractivity contribution is 6.61. The number of nitrogens with two attached hydrogens (primary N) is 1. The van der Waals surface area contributed by atoms with E-state index in [1.54, 1.807) is 0 Å². The van der Waals surface area contributed by atoms with Crippen LogP contribution >= 0.6 is 0 Å². The van der Waals surface area contributed by atoms with Gasteiger partial charge in [-0.3, -0.25) is 14.4 Å². The van der Waals surface area contributed by atoms with Crippen molar-refractivity contribution in [2.45, 2.75) is 93.6 Å². The van der Waals surface area contributed by atoms with Crippen LogP contribution in [0.4, 0.5) is 0 Å². The Bertz CT molecular complexity index is 1110. The first-order chi connectivity index (χ1) is 20.5. The highest BCUT2D eigenvalue weighted by Crippen LogP contribution is 2.26. The number of aliphatic carboxylic acids is 1. The smallest absolute Gasteiger partial charge is 0.481 e. The number of carbonyl (C=O) groups excluding carboxylic acids is 2. The van der Waals surface area contributed by atoms with Gasteiger partial charge in [0.25, 0.3) is 0 Å². The molecular weight excluding hydrogens is 543 g/mol. The number of hydrogen-bond donors (Lipinski definition) is 4. The summed E-state index contributed by atoms with van der Waals surface area (Å²) in [7, 11) is -0.704. The fourth-order valence-corrected chi connectivity index (χ4v) is 3.86. The molecule has 1 aliphatic heterocycles. The number of carbonyl (C=O) groups is 3. The molecule has 3 rings (SSSR count). The first kappa shape index (κ1) is 41.5. The molecule has 1 atom stereocenters. The van der Waals surface area contributed by atoms with Gasteiger partial charge in [0.2, 0.25) is 12.8 Å². The lowest BCUT2D eigenvalue weighted by atomic mass is 9.79. The number of unbranched alkanes of at least 4 members (excludes halogenated alkanes) is 1. The second kappa shape index (κ2) is 26.0. The molecule has 5 N–H and O–H groups in total. The Labute approximate surface area is 259 Å². The third-order valence-corrected chi connectivity index (χ3v) is 6.35. The normalized spacial score (nSPS) is 11.4. The summed E-state index contributed by atoms with van der Waals surface area (Å²) in [4.78, 5) is 29.6. The number of benzene rings is 2. The molecule has 0 bridgehead atoms. The molecule has 2 aromatic carbocycles. The van der Waals surface area contributed by atoms with E-state index in [2.05, 4.69) is 44.0 Å². The number of carboxylic acids is 1. The van der Waals surface area contributed by atoms with Gasteiger partial charge in [-0.1, -0.05) is 97.2 Å². The minimum absolute atomic E-state index is 0.0503. The van der Waals surface area contributed by atoms with Crippen molar-refractivity contribution in [3.05, 3.63) is 88.0 Å². The fraction of sp³-hybridized carbons (Fsp3) is 0.441. The maximum atomic E-state index is 10.9. The summed E-state index contributed by atoms with van der Waals surface area (Å²) in [6.45, 7) is 17.6. The number of hydrogen-bond acceptors (Lipinski definition) is 5. The van der Waals surface area contributed by atoms with E-state index in [9.17, 15) is 14.6 Å². The molecule has 8 nitrogen and oxygen atoms in total. The lowest BCUT2D eigenvalue weighted by Crippen LogP contribution is -2.28. The van der Waals surface area contributed by atoms with Crippen LogP contribution in [0.15, 0.2) is 65.8 Å². The number of nitrogens with one attached hydrogen (secondary N) is 1. The summed E-state index contributed by atoms with van der Waals surface area (Å²) in [5.74, 6) is -0.717. The molecule has 0 aromatic heterocycles. The zero-order valence-electron chi connectivity index (χ0n) is 27.4. The predicted molar refractivity (Wildman–Crippen MR) is 178 cm³/mol. The van der Waals surface area contributed by atoms with E-state index in [0.717, 1.165) is 41.4 Å². The van der Waals surface area contributed by atoms with Crippen molar-refractivity contribution in [1.82, 2.24) is 5.32 Å². The molecule has 0 saturated heterocycles. The molecular formula is C34H53BN2O6. The van der Waals surface area contributed by atoms with Crippen molar-refractivity contribution < 1.29 is 29.2 Å². The minimum Gasteiger partial charge on any atom is -0.481 e. The van der Waals surface area contributed by atoms with Crippen LogP contribution in [0, 0.1) is 13.8 Å². The second-order valence-corrected chi connectivity index (χ2v) is 9.96. The highest BCUT2D eigenvalue weighted by Gasteiger charge is 2.26. The van der Waals surface area contributed by atoms with Gasteiger partial charge in [-0.15, -0.1) is 0 Å². The van der Waals surface area contributed by atoms with E-state index in [4.69, 9.17) is 14.6 Å². The number of amides is 2. The van der Waals surface area contributed by atoms with Gasteiger partial charge in [0.05, 0.1) is 13.0 Å². The number of primary amides is 1. The van der Waals surface area contributed by atoms with Crippen molar-refractivity contribution in [3.8, 4) is 0 Å². The van der Waals surface area contributed by atoms with Crippen LogP contribution in [-0.4, -0.2) is 42.6 Å². The number of carboxylic acid groups (broad SMARTS) is 1. The van der Waals surface area contributed by atoms with E-state index < -0.39 is 13.1 Å². The van der Waals surface area contributed by atoms with Crippen molar-refractivity contribution in [2.75, 3.05) is 6.54 Å². The van der Waals surface area contributed by atoms with Crippen molar-refractivity contribution >= 4 is 31.4 Å². The summed E-state index contributed by atoms with van der Waals surface area (Å²) >= 11 is 0. The van der Waals surface area contributed by atoms with Crippen LogP contribution in [-0.2, 0) is 25.6 Å². The maximum absolute atomic E-state index is 10.9. The molecule has 2 amide bonds. The third kappa shape index (κ3) is 20.0. The maximum Gasteiger partial charge on any atom is 0.491 e. The Morgan fingerprint density at radius 1 is 1.05 bits per heavy atom. The Morgan fingerprint density at radius 3 is 2.12 bits per heavy atom. The van der Waals surface area contributed by atoms with E-state index in [0.29, 0.717) is 19.6 Å². The van der Waals surface area contributed by atoms with Crippen LogP contribution in [0.25, 0.3) is 0 Å². The first-order valence-corrected chi connectivity index (χ1v) is 14.8. The van der Waals surface area contributed by atoms with Crippen LogP contribution in [0.3, 0.4) is 0 Å². The molecule has 0 fully saturated rings. The van der Waals surface area contributed by atoms with Gasteiger partial charge in [0.1, 0.15) is 0 Å². The average Bonchev–Trinajstić information content (AvgIpc) is 3.34. The molecule has 238 valence electrons. The topological polar surface area (TPSA) is 139 Å². The third-order valence-electron chi connectivity index (χ3n) is 6.35. The Hall–Kier alpha value is -3.69. The average molecular weight is 597 g/mol. The summed E-state index contributed by atoms with van der Waals surface area (Å²) in [6.07, 6.45) is 7.89. The number of aryl methyl sites for hydroxylation is 2. The molecule has 1 heterocycles. The van der Waals surface area contributed by atoms with E-state index in [1.165, 1.54) is 16.7 Å². The second-order valence-electron chi connectivity index (χ2n) is 9.96. The Morgan fingerprint density at radius 2 is 1.63 bits per heavy atom. The molecule has 1 aliphatic rings. The summed E-state index contributed by atoms with van der Waals surface area (Å²) < 4.78 is 5.03. The van der Waals surface area contributed by atoms with Crippen LogP contribution in [0.5, 0.6) is 0 Å². The lowest BCUT2D eigenvalue weighted by Gasteiger charge is -2.15. The largest absolute Gasteiger partial charge is 0.491 e. The number of rotatable bonds is 10. The SMILES string of the molecule is C/C=C\C(C)=C(C)C.CC.Cc1ccc([C@@H](CCCCNC=O)CC(=O)O)cc1.Cc1ccc2c(c1)B(O)OC2.NC=O. The molecule has 0 saturated carbocycles. The quantitative estimate of drug-likeness (QED) is 0.120. The van der Waals surface area contributed by atoms with Gasteiger partial charge in [0.15, 0.2) is 0 Å². The summed E-state index contributed by atoms with van der Waals surface area (Å²) in [5.41, 5.74) is 12.4. The van der Waals surface area contributed by atoms with Gasteiger partial charge in [0, 0.05) is 6.54 Å². The summed E-state index contributed by atoms with van der Waals surface area (Å²) in [6, 6.07) is 14.0. The van der Waals surface area contributed by atoms with Crippen molar-refractivity contribution in [2.24, 2.45) is 5.73 Å². The minimum atomic E-state index is -0.767. The summed E-state index contributed by atoms with van der Waals surface area (Å²) in [5, 5.41) is 20.9. The molecule has 0 radical (unpaired) electrons. The molecule has 0 aliphatic carbocycles. The van der Waals surface area contributed by atoms with Gasteiger partial charge < -0.3 is 25.8 Å². The van der Waals surface area contributed by atoms with Crippen LogP contribution < -0.4 is 16.5 Å². The Kier molecular flexibility index (Phi) is 25.0. The number of fused-ring (bicyclic) bond motifs is 1. The van der Waals surface area contributed by atoms with Gasteiger partial charge >= 0.3 is 13.1 Å². The van der Waals surface area contributed by atoms with Crippen LogP contribution in [0.2, 0.25) is 0 Å². The Balaban J connectivity index is 0. The zero-order valence-corrected chi connectivity index (χ0v) is 27.4. The van der Waals surface area contributed by atoms with Crippen molar-refractivity contribution in [1.29, 1.82) is 0 Å². The first-order valence-electron chi connectivity index (χ1n) is 14.8. The van der Waals surface area contributed by atoms with Crippen LogP contribution in [0.1, 0.15) is 95.4 Å².